The van der Waals surface area contributed by atoms with Gasteiger partial charge < -0.3 is 10.1 Å². The molecule has 0 saturated heterocycles. The first-order valence-corrected chi connectivity index (χ1v) is 15.1. The van der Waals surface area contributed by atoms with E-state index < -0.39 is 10.0 Å². The van der Waals surface area contributed by atoms with Crippen LogP contribution >= 0.6 is 11.8 Å². The highest BCUT2D eigenvalue weighted by atomic mass is 32.2. The second-order valence-electron chi connectivity index (χ2n) is 9.11. The van der Waals surface area contributed by atoms with Crippen molar-refractivity contribution in [2.45, 2.75) is 23.4 Å². The Kier molecular flexibility index (Phi) is 8.19. The molecule has 0 unspecified atom stereocenters. The number of aromatic amines is 1. The quantitative estimate of drug-likeness (QED) is 0.143. The van der Waals surface area contributed by atoms with E-state index in [2.05, 4.69) is 20.5 Å². The topological polar surface area (TPSA) is 169 Å². The minimum Gasteiger partial charge on any atom is -0.457 e. The van der Waals surface area contributed by atoms with Gasteiger partial charge in [-0.2, -0.15) is 5.10 Å². The molecule has 0 bridgehead atoms. The van der Waals surface area contributed by atoms with E-state index in [0.29, 0.717) is 46.3 Å². The Morgan fingerprint density at radius 2 is 1.73 bits per heavy atom. The van der Waals surface area contributed by atoms with E-state index in [1.54, 1.807) is 16.7 Å². The number of primary sulfonamides is 1. The zero-order chi connectivity index (χ0) is 29.0. The van der Waals surface area contributed by atoms with Crippen molar-refractivity contribution < 1.29 is 17.9 Å². The van der Waals surface area contributed by atoms with Crippen LogP contribution in [0.1, 0.15) is 11.3 Å². The normalized spacial score (nSPS) is 11.5. The molecule has 0 aliphatic carbocycles. The van der Waals surface area contributed by atoms with Crippen molar-refractivity contribution in [3.63, 3.8) is 0 Å². The van der Waals surface area contributed by atoms with Crippen molar-refractivity contribution in [3.8, 4) is 17.2 Å². The van der Waals surface area contributed by atoms with Crippen LogP contribution in [-0.4, -0.2) is 46.4 Å². The predicted octanol–water partition coefficient (Wildman–Crippen LogP) is 3.43. The summed E-state index contributed by atoms with van der Waals surface area (Å²) in [5, 5.41) is 25.1. The number of carbonyl (C=O) groups is 1. The Morgan fingerprint density at radius 1 is 1.05 bits per heavy atom. The van der Waals surface area contributed by atoms with Gasteiger partial charge in [-0.1, -0.05) is 42.1 Å². The van der Waals surface area contributed by atoms with E-state index in [0.717, 1.165) is 11.3 Å². The molecule has 41 heavy (non-hydrogen) atoms. The number of hydrogen-bond donors (Lipinski definition) is 4. The standard InChI is InChI=1S/C28H27N7O4S2/c1-18-25-26(29)35(20-9-11-22(12-10-20)39-21-5-3-2-4-6-21)28(32-27(25)34-33-18)40-17-24(36)31-16-15-19-7-13-23(14-8-19)41(30,37)38/h2-14,29H,15-17H2,1H3,(H,31,36)(H,33,34)(H2,30,37,38). The number of nitrogens with two attached hydrogens (primary N) is 1. The van der Waals surface area contributed by atoms with Crippen LogP contribution in [0.5, 0.6) is 11.5 Å². The van der Waals surface area contributed by atoms with Gasteiger partial charge in [0.15, 0.2) is 10.8 Å². The summed E-state index contributed by atoms with van der Waals surface area (Å²) in [6, 6.07) is 23.0. The molecule has 1 amide bonds. The Hall–Kier alpha value is -4.46. The van der Waals surface area contributed by atoms with Crippen LogP contribution in [-0.2, 0) is 21.2 Å². The molecule has 0 aliphatic heterocycles. The van der Waals surface area contributed by atoms with Crippen molar-refractivity contribution in [1.29, 1.82) is 5.41 Å². The Morgan fingerprint density at radius 3 is 2.41 bits per heavy atom. The number of amides is 1. The zero-order valence-corrected chi connectivity index (χ0v) is 23.6. The molecule has 0 atom stereocenters. The number of sulfonamides is 1. The molecule has 11 nitrogen and oxygen atoms in total. The number of fused-ring (bicyclic) bond motifs is 1. The summed E-state index contributed by atoms with van der Waals surface area (Å²) < 4.78 is 30.4. The smallest absolute Gasteiger partial charge is 0.238 e. The van der Waals surface area contributed by atoms with E-state index in [4.69, 9.17) is 15.3 Å². The van der Waals surface area contributed by atoms with Crippen molar-refractivity contribution in [3.05, 3.63) is 95.6 Å². The fraction of sp³-hybridized carbons (Fsp3) is 0.143. The summed E-state index contributed by atoms with van der Waals surface area (Å²) in [5.74, 6) is 1.23. The molecular formula is C28H27N7O4S2. The van der Waals surface area contributed by atoms with Crippen molar-refractivity contribution in [2.75, 3.05) is 12.3 Å². The fourth-order valence-electron chi connectivity index (χ4n) is 4.13. The second-order valence-corrected chi connectivity index (χ2v) is 11.6. The lowest BCUT2D eigenvalue weighted by Gasteiger charge is -2.14. The van der Waals surface area contributed by atoms with Gasteiger partial charge in [0, 0.05) is 17.9 Å². The first kappa shape index (κ1) is 28.1. The van der Waals surface area contributed by atoms with Gasteiger partial charge in [-0.05, 0) is 67.4 Å². The lowest BCUT2D eigenvalue weighted by Crippen LogP contribution is -2.28. The fourth-order valence-corrected chi connectivity index (χ4v) is 5.48. The molecule has 5 aromatic rings. The molecule has 0 saturated carbocycles. The summed E-state index contributed by atoms with van der Waals surface area (Å²) in [4.78, 5) is 17.3. The number of hydrogen-bond acceptors (Lipinski definition) is 8. The number of thioether (sulfide) groups is 1. The van der Waals surface area contributed by atoms with Crippen molar-refractivity contribution in [1.82, 2.24) is 25.1 Å². The van der Waals surface area contributed by atoms with Crippen LogP contribution in [0, 0.1) is 12.3 Å². The first-order valence-electron chi connectivity index (χ1n) is 12.6. The van der Waals surface area contributed by atoms with E-state index in [1.165, 1.54) is 23.9 Å². The minimum absolute atomic E-state index is 0.0405. The molecule has 0 fully saturated rings. The van der Waals surface area contributed by atoms with Gasteiger partial charge in [0.05, 0.1) is 16.0 Å². The SMILES string of the molecule is Cc1[nH]nc2nc(SCC(=O)NCCc3ccc(S(N)(=O)=O)cc3)n(-c3ccc(Oc4ccccc4)cc3)c(=N)c12. The van der Waals surface area contributed by atoms with Crippen LogP contribution in [0.2, 0.25) is 0 Å². The molecule has 0 spiro atoms. The molecule has 0 radical (unpaired) electrons. The number of aryl methyl sites for hydroxylation is 1. The summed E-state index contributed by atoms with van der Waals surface area (Å²) in [6.07, 6.45) is 0.520. The van der Waals surface area contributed by atoms with Crippen LogP contribution in [0.3, 0.4) is 0 Å². The number of H-pyrrole nitrogens is 1. The molecule has 3 aromatic carbocycles. The zero-order valence-electron chi connectivity index (χ0n) is 22.0. The highest BCUT2D eigenvalue weighted by molar-refractivity contribution is 7.99. The van der Waals surface area contributed by atoms with Gasteiger partial charge >= 0.3 is 0 Å². The second kappa shape index (κ2) is 12.0. The monoisotopic (exact) mass is 589 g/mol. The molecule has 5 N–H and O–H groups in total. The summed E-state index contributed by atoms with van der Waals surface area (Å²) in [7, 11) is -3.75. The number of para-hydroxylation sites is 1. The van der Waals surface area contributed by atoms with Gasteiger partial charge in [0.2, 0.25) is 15.9 Å². The predicted molar refractivity (Wildman–Crippen MR) is 156 cm³/mol. The van der Waals surface area contributed by atoms with Gasteiger partial charge in [-0.3, -0.25) is 19.9 Å². The van der Waals surface area contributed by atoms with Crippen LogP contribution < -0.4 is 20.7 Å². The third kappa shape index (κ3) is 6.65. The Bertz CT molecular complexity index is 1850. The van der Waals surface area contributed by atoms with Gasteiger partial charge in [-0.15, -0.1) is 0 Å². The van der Waals surface area contributed by atoms with Crippen molar-refractivity contribution in [2.24, 2.45) is 5.14 Å². The maximum atomic E-state index is 12.7. The number of ether oxygens (including phenoxy) is 1. The summed E-state index contributed by atoms with van der Waals surface area (Å²) in [5.41, 5.74) is 2.88. The molecule has 0 aliphatic rings. The Balaban J connectivity index is 1.29. The highest BCUT2D eigenvalue weighted by Crippen LogP contribution is 2.25. The highest BCUT2D eigenvalue weighted by Gasteiger charge is 2.16. The maximum absolute atomic E-state index is 12.7. The Labute approximate surface area is 240 Å². The third-order valence-corrected chi connectivity index (χ3v) is 8.04. The lowest BCUT2D eigenvalue weighted by molar-refractivity contribution is -0.118. The maximum Gasteiger partial charge on any atom is 0.238 e. The van der Waals surface area contributed by atoms with Crippen LogP contribution in [0.4, 0.5) is 0 Å². The number of carbonyl (C=O) groups excluding carboxylic acids is 1. The molecule has 13 heteroatoms. The average Bonchev–Trinajstić information content (AvgIpc) is 3.33. The van der Waals surface area contributed by atoms with Gasteiger partial charge in [-0.25, -0.2) is 18.5 Å². The minimum atomic E-state index is -3.75. The first-order chi connectivity index (χ1) is 19.7. The number of aromatic nitrogens is 4. The molecular weight excluding hydrogens is 562 g/mol. The lowest BCUT2D eigenvalue weighted by atomic mass is 10.1. The third-order valence-electron chi connectivity index (χ3n) is 6.18. The van der Waals surface area contributed by atoms with Crippen LogP contribution in [0.15, 0.2) is 88.9 Å². The van der Waals surface area contributed by atoms with E-state index in [1.807, 2.05) is 61.5 Å². The molecule has 2 heterocycles. The number of nitrogens with one attached hydrogen (secondary N) is 3. The molecule has 2 aromatic heterocycles. The largest absolute Gasteiger partial charge is 0.457 e. The molecule has 210 valence electrons. The van der Waals surface area contributed by atoms with Crippen LogP contribution in [0.25, 0.3) is 16.7 Å². The van der Waals surface area contributed by atoms with Crippen molar-refractivity contribution >= 4 is 38.7 Å². The van der Waals surface area contributed by atoms with Gasteiger partial charge in [0.1, 0.15) is 17.0 Å². The van der Waals surface area contributed by atoms with E-state index in [9.17, 15) is 13.2 Å². The number of nitrogens with zero attached hydrogens (tertiary/aromatic N) is 3. The van der Waals surface area contributed by atoms with E-state index in [-0.39, 0.29) is 22.0 Å². The summed E-state index contributed by atoms with van der Waals surface area (Å²) >= 11 is 1.20. The number of rotatable bonds is 10. The molecule has 5 rings (SSSR count). The average molecular weight is 590 g/mol. The van der Waals surface area contributed by atoms with Gasteiger partial charge in [0.25, 0.3) is 0 Å². The summed E-state index contributed by atoms with van der Waals surface area (Å²) in [6.45, 7) is 2.20. The van der Waals surface area contributed by atoms with E-state index >= 15 is 0 Å². The number of benzene rings is 3.